The molecule has 0 fully saturated rings. The Labute approximate surface area is 112 Å². The lowest BCUT2D eigenvalue weighted by molar-refractivity contribution is 0.146. The number of aromatic nitrogens is 1. The van der Waals surface area contributed by atoms with Gasteiger partial charge >= 0.3 is 0 Å². The normalized spacial score (nSPS) is 13.3. The number of aliphatic hydroxyl groups is 1. The molecule has 0 aromatic carbocycles. The number of hydrogen-bond donors (Lipinski definition) is 2. The van der Waals surface area contributed by atoms with Crippen molar-refractivity contribution in [3.05, 3.63) is 29.3 Å². The van der Waals surface area contributed by atoms with Gasteiger partial charge in [-0.05, 0) is 35.4 Å². The first-order valence-corrected chi connectivity index (χ1v) is 7.24. The van der Waals surface area contributed by atoms with E-state index in [2.05, 4.69) is 35.6 Å². The maximum Gasteiger partial charge on any atom is 0.0809 e. The minimum Gasteiger partial charge on any atom is -0.392 e. The molecule has 0 amide bonds. The van der Waals surface area contributed by atoms with Gasteiger partial charge in [-0.15, -0.1) is 11.3 Å². The van der Waals surface area contributed by atoms with Gasteiger partial charge in [0.25, 0.3) is 0 Å². The van der Waals surface area contributed by atoms with E-state index >= 15 is 0 Å². The van der Waals surface area contributed by atoms with Gasteiger partial charge in [0.05, 0.1) is 16.3 Å². The predicted octanol–water partition coefficient (Wildman–Crippen LogP) is 2.79. The second-order valence-corrected chi connectivity index (χ2v) is 6.01. The maximum atomic E-state index is 9.76. The van der Waals surface area contributed by atoms with Gasteiger partial charge in [0.1, 0.15) is 0 Å². The fourth-order valence-electron chi connectivity index (χ4n) is 1.99. The molecular formula is C14H20N2OS. The van der Waals surface area contributed by atoms with Crippen molar-refractivity contribution in [2.45, 2.75) is 32.9 Å². The summed E-state index contributed by atoms with van der Waals surface area (Å²) in [4.78, 5) is 4.40. The summed E-state index contributed by atoms with van der Waals surface area (Å²) in [7, 11) is 0. The quantitative estimate of drug-likeness (QED) is 0.843. The first-order valence-electron chi connectivity index (χ1n) is 6.36. The van der Waals surface area contributed by atoms with Crippen LogP contribution in [0.1, 0.15) is 25.8 Å². The van der Waals surface area contributed by atoms with Crippen LogP contribution < -0.4 is 5.32 Å². The van der Waals surface area contributed by atoms with E-state index in [0.29, 0.717) is 12.5 Å². The number of nitrogens with one attached hydrogen (secondary N) is 1. The summed E-state index contributed by atoms with van der Waals surface area (Å²) in [6.07, 6.45) is 2.48. The first kappa shape index (κ1) is 13.5. The highest BCUT2D eigenvalue weighted by Crippen LogP contribution is 2.19. The van der Waals surface area contributed by atoms with E-state index in [9.17, 15) is 5.11 Å². The van der Waals surface area contributed by atoms with E-state index in [1.807, 2.05) is 12.3 Å². The van der Waals surface area contributed by atoms with E-state index in [1.54, 1.807) is 11.3 Å². The lowest BCUT2D eigenvalue weighted by Crippen LogP contribution is -2.27. The average Bonchev–Trinajstić information content (AvgIpc) is 2.75. The Bertz CT molecular complexity index is 495. The van der Waals surface area contributed by atoms with Crippen molar-refractivity contribution in [2.75, 3.05) is 6.54 Å². The van der Waals surface area contributed by atoms with E-state index in [1.165, 1.54) is 10.3 Å². The summed E-state index contributed by atoms with van der Waals surface area (Å²) in [6, 6.07) is 4.19. The Hall–Kier alpha value is -0.970. The smallest absolute Gasteiger partial charge is 0.0809 e. The van der Waals surface area contributed by atoms with Crippen LogP contribution in [0.5, 0.6) is 0 Å². The van der Waals surface area contributed by atoms with Crippen molar-refractivity contribution in [3.63, 3.8) is 0 Å². The molecule has 2 N–H and O–H groups in total. The molecule has 0 radical (unpaired) electrons. The fraction of sp³-hybridized carbons (Fsp3) is 0.500. The lowest BCUT2D eigenvalue weighted by atomic mass is 10.1. The molecule has 2 rings (SSSR count). The molecule has 4 heteroatoms. The monoisotopic (exact) mass is 264 g/mol. The first-order chi connectivity index (χ1) is 8.65. The van der Waals surface area contributed by atoms with Crippen molar-refractivity contribution in [1.82, 2.24) is 10.3 Å². The highest BCUT2D eigenvalue weighted by molar-refractivity contribution is 7.17. The zero-order chi connectivity index (χ0) is 13.0. The van der Waals surface area contributed by atoms with Crippen LogP contribution in [0, 0.1) is 5.92 Å². The molecule has 0 aliphatic rings. The van der Waals surface area contributed by atoms with Crippen molar-refractivity contribution < 1.29 is 5.11 Å². The molecule has 0 spiro atoms. The van der Waals surface area contributed by atoms with Gasteiger partial charge in [0, 0.05) is 19.3 Å². The van der Waals surface area contributed by atoms with Gasteiger partial charge in [0.15, 0.2) is 0 Å². The highest BCUT2D eigenvalue weighted by atomic mass is 32.1. The summed E-state index contributed by atoms with van der Waals surface area (Å²) in [5, 5.41) is 15.1. The van der Waals surface area contributed by atoms with Crippen LogP contribution in [0.25, 0.3) is 10.2 Å². The van der Waals surface area contributed by atoms with Crippen LogP contribution in [0.15, 0.2) is 23.7 Å². The molecule has 1 unspecified atom stereocenters. The SMILES string of the molecule is CC(C)CC(O)CNCc1cnc2ccsc2c1. The lowest BCUT2D eigenvalue weighted by Gasteiger charge is -2.13. The number of hydrogen-bond acceptors (Lipinski definition) is 4. The Morgan fingerprint density at radius 2 is 2.28 bits per heavy atom. The summed E-state index contributed by atoms with van der Waals surface area (Å²) < 4.78 is 1.22. The Balaban J connectivity index is 1.82. The fourth-order valence-corrected chi connectivity index (χ4v) is 2.80. The molecule has 0 saturated carbocycles. The van der Waals surface area contributed by atoms with E-state index < -0.39 is 0 Å². The molecular weight excluding hydrogens is 244 g/mol. The van der Waals surface area contributed by atoms with Gasteiger partial charge in [-0.2, -0.15) is 0 Å². The number of aliphatic hydroxyl groups excluding tert-OH is 1. The van der Waals surface area contributed by atoms with Crippen LogP contribution >= 0.6 is 11.3 Å². The van der Waals surface area contributed by atoms with Crippen LogP contribution in [0.2, 0.25) is 0 Å². The Morgan fingerprint density at radius 1 is 1.44 bits per heavy atom. The summed E-state index contributed by atoms with van der Waals surface area (Å²) in [6.45, 7) is 5.65. The zero-order valence-electron chi connectivity index (χ0n) is 10.9. The third-order valence-corrected chi connectivity index (χ3v) is 3.66. The number of thiophene rings is 1. The molecule has 1 atom stereocenters. The molecule has 2 aromatic rings. The van der Waals surface area contributed by atoms with Gasteiger partial charge < -0.3 is 10.4 Å². The molecule has 98 valence electrons. The van der Waals surface area contributed by atoms with Gasteiger partial charge in [-0.25, -0.2) is 0 Å². The number of pyridine rings is 1. The second kappa shape index (κ2) is 6.27. The van der Waals surface area contributed by atoms with Crippen molar-refractivity contribution in [1.29, 1.82) is 0 Å². The van der Waals surface area contributed by atoms with E-state index in [4.69, 9.17) is 0 Å². The van der Waals surface area contributed by atoms with Gasteiger partial charge in [-0.1, -0.05) is 13.8 Å². The maximum absolute atomic E-state index is 9.76. The van der Waals surface area contributed by atoms with Gasteiger partial charge in [0.2, 0.25) is 0 Å². The van der Waals surface area contributed by atoms with Crippen molar-refractivity contribution in [2.24, 2.45) is 5.92 Å². The molecule has 0 saturated heterocycles. The Morgan fingerprint density at radius 3 is 3.06 bits per heavy atom. The molecule has 18 heavy (non-hydrogen) atoms. The van der Waals surface area contributed by atoms with E-state index in [0.717, 1.165) is 18.5 Å². The molecule has 0 bridgehead atoms. The summed E-state index contributed by atoms with van der Waals surface area (Å²) in [5.74, 6) is 0.533. The van der Waals surface area contributed by atoms with E-state index in [-0.39, 0.29) is 6.10 Å². The number of nitrogens with zero attached hydrogens (tertiary/aromatic N) is 1. The zero-order valence-corrected chi connectivity index (χ0v) is 11.7. The van der Waals surface area contributed by atoms with Crippen molar-refractivity contribution in [3.8, 4) is 0 Å². The molecule has 2 heterocycles. The van der Waals surface area contributed by atoms with Crippen LogP contribution in [-0.4, -0.2) is 22.7 Å². The highest BCUT2D eigenvalue weighted by Gasteiger charge is 2.06. The summed E-state index contributed by atoms with van der Waals surface area (Å²) in [5.41, 5.74) is 2.23. The number of fused-ring (bicyclic) bond motifs is 1. The number of rotatable bonds is 6. The van der Waals surface area contributed by atoms with Gasteiger partial charge in [-0.3, -0.25) is 4.98 Å². The average molecular weight is 264 g/mol. The van der Waals surface area contributed by atoms with Crippen LogP contribution in [-0.2, 0) is 6.54 Å². The third-order valence-electron chi connectivity index (χ3n) is 2.81. The topological polar surface area (TPSA) is 45.1 Å². The molecule has 0 aliphatic carbocycles. The van der Waals surface area contributed by atoms with Crippen molar-refractivity contribution >= 4 is 21.6 Å². The molecule has 0 aliphatic heterocycles. The largest absolute Gasteiger partial charge is 0.392 e. The second-order valence-electron chi connectivity index (χ2n) is 5.06. The standard InChI is InChI=1S/C14H20N2OS/c1-10(2)5-12(17)9-15-7-11-6-14-13(16-8-11)3-4-18-14/h3-4,6,8,10,12,15,17H,5,7,9H2,1-2H3. The molecule has 2 aromatic heterocycles. The van der Waals surface area contributed by atoms with Crippen LogP contribution in [0.4, 0.5) is 0 Å². The minimum absolute atomic E-state index is 0.261. The Kier molecular flexibility index (Phi) is 4.69. The third kappa shape index (κ3) is 3.77. The summed E-state index contributed by atoms with van der Waals surface area (Å²) >= 11 is 1.71. The molecule has 3 nitrogen and oxygen atoms in total. The predicted molar refractivity (Wildman–Crippen MR) is 76.8 cm³/mol. The minimum atomic E-state index is -0.261. The van der Waals surface area contributed by atoms with Crippen LogP contribution in [0.3, 0.4) is 0 Å².